The van der Waals surface area contributed by atoms with E-state index >= 15 is 0 Å². The van der Waals surface area contributed by atoms with E-state index in [4.69, 9.17) is 14.7 Å². The van der Waals surface area contributed by atoms with Crippen molar-refractivity contribution in [3.8, 4) is 17.6 Å². The second kappa shape index (κ2) is 16.0. The molecule has 1 aromatic carbocycles. The van der Waals surface area contributed by atoms with Gasteiger partial charge in [-0.3, -0.25) is 14.9 Å². The van der Waals surface area contributed by atoms with Gasteiger partial charge in [0.15, 0.2) is 6.04 Å². The van der Waals surface area contributed by atoms with Crippen molar-refractivity contribution in [2.45, 2.75) is 33.2 Å². The Morgan fingerprint density at radius 2 is 2.00 bits per heavy atom. The summed E-state index contributed by atoms with van der Waals surface area (Å²) >= 11 is 1.56. The monoisotopic (exact) mass is 557 g/mol. The van der Waals surface area contributed by atoms with Crippen molar-refractivity contribution in [2.24, 2.45) is 5.16 Å². The summed E-state index contributed by atoms with van der Waals surface area (Å²) in [6.07, 6.45) is 1.01. The molecule has 11 nitrogen and oxygen atoms in total. The number of carbonyl (C=O) groups is 3. The third-order valence-corrected chi connectivity index (χ3v) is 6.51. The number of amidine groups is 1. The molecule has 3 heterocycles. The van der Waals surface area contributed by atoms with Gasteiger partial charge in [-0.1, -0.05) is 23.1 Å². The molecule has 4 amide bonds. The average Bonchev–Trinajstić information content (AvgIpc) is 3.37. The van der Waals surface area contributed by atoms with Crippen LogP contribution in [-0.4, -0.2) is 80.3 Å². The number of carbonyl (C=O) groups excluding carboxylic acids is 3. The molecule has 12 heteroatoms. The molecule has 0 bridgehead atoms. The number of hydrogen-bond donors (Lipinski definition) is 4. The molecule has 2 saturated heterocycles. The summed E-state index contributed by atoms with van der Waals surface area (Å²) in [7, 11) is 3.19. The molecule has 39 heavy (non-hydrogen) atoms. The molecule has 4 N–H and O–H groups in total. The number of imide groups is 1. The molecule has 2 aliphatic rings. The highest BCUT2D eigenvalue weighted by Gasteiger charge is 2.27. The lowest BCUT2D eigenvalue weighted by molar-refractivity contribution is -0.119. The van der Waals surface area contributed by atoms with Crippen LogP contribution in [0.3, 0.4) is 0 Å². The van der Waals surface area contributed by atoms with Crippen LogP contribution in [-0.2, 0) is 9.53 Å². The summed E-state index contributed by atoms with van der Waals surface area (Å²) in [5.74, 6) is 6.46. The summed E-state index contributed by atoms with van der Waals surface area (Å²) in [6, 6.07) is 8.07. The minimum atomic E-state index is -0.722. The van der Waals surface area contributed by atoms with Crippen molar-refractivity contribution in [1.29, 1.82) is 0 Å². The molecular weight excluding hydrogens is 522 g/mol. The highest BCUT2D eigenvalue weighted by molar-refractivity contribution is 7.12. The summed E-state index contributed by atoms with van der Waals surface area (Å²) in [5.41, 5.74) is 1.60. The van der Waals surface area contributed by atoms with E-state index in [-0.39, 0.29) is 11.8 Å². The van der Waals surface area contributed by atoms with E-state index in [1.165, 1.54) is 4.88 Å². The normalized spacial score (nSPS) is 16.6. The summed E-state index contributed by atoms with van der Waals surface area (Å²) in [5, 5.41) is 18.7. The molecule has 2 aliphatic heterocycles. The van der Waals surface area contributed by atoms with Crippen LogP contribution in [0.15, 0.2) is 35.5 Å². The van der Waals surface area contributed by atoms with E-state index in [1.54, 1.807) is 38.5 Å². The quantitative estimate of drug-likeness (QED) is 0.111. The van der Waals surface area contributed by atoms with Gasteiger partial charge in [0.2, 0.25) is 0 Å². The Hall–Kier alpha value is -4.08. The fourth-order valence-corrected chi connectivity index (χ4v) is 4.13. The van der Waals surface area contributed by atoms with Crippen LogP contribution < -0.4 is 20.7 Å². The molecular formula is C27H35N5O6S. The zero-order valence-corrected chi connectivity index (χ0v) is 23.6. The molecule has 0 aliphatic carbocycles. The van der Waals surface area contributed by atoms with E-state index in [1.807, 2.05) is 43.0 Å². The smallest absolute Gasteiger partial charge is 0.322 e. The Morgan fingerprint density at radius 1 is 1.23 bits per heavy atom. The fourth-order valence-electron chi connectivity index (χ4n) is 3.40. The maximum atomic E-state index is 11.3. The molecule has 0 unspecified atom stereocenters. The first-order valence-electron chi connectivity index (χ1n) is 12.3. The molecule has 0 spiro atoms. The van der Waals surface area contributed by atoms with Crippen molar-refractivity contribution in [3.63, 3.8) is 0 Å². The van der Waals surface area contributed by atoms with E-state index in [2.05, 4.69) is 32.9 Å². The van der Waals surface area contributed by atoms with Crippen molar-refractivity contribution in [2.75, 3.05) is 40.5 Å². The van der Waals surface area contributed by atoms with Crippen molar-refractivity contribution >= 4 is 35.0 Å². The number of rotatable bonds is 2. The first-order chi connectivity index (χ1) is 18.7. The number of nitrogens with one attached hydrogen (secondary N) is 3. The first kappa shape index (κ1) is 31.1. The topological polar surface area (TPSA) is 142 Å². The number of oxime groups is 1. The second-order valence-electron chi connectivity index (χ2n) is 8.44. The minimum absolute atomic E-state index is 0.0867. The van der Waals surface area contributed by atoms with Crippen molar-refractivity contribution in [1.82, 2.24) is 20.9 Å². The molecule has 4 rings (SSSR count). The lowest BCUT2D eigenvalue weighted by Gasteiger charge is -2.19. The number of benzene rings is 1. The van der Waals surface area contributed by atoms with Crippen LogP contribution in [0.5, 0.6) is 5.75 Å². The van der Waals surface area contributed by atoms with Crippen LogP contribution >= 0.6 is 11.3 Å². The average molecular weight is 558 g/mol. The minimum Gasteiger partial charge on any atom is -0.497 e. The number of urea groups is 1. The molecule has 1 aromatic heterocycles. The maximum Gasteiger partial charge on any atom is 0.322 e. The predicted molar refractivity (Wildman–Crippen MR) is 149 cm³/mol. The Morgan fingerprint density at radius 3 is 2.59 bits per heavy atom. The first-order valence-corrected chi connectivity index (χ1v) is 13.1. The van der Waals surface area contributed by atoms with Crippen LogP contribution in [0.1, 0.15) is 39.0 Å². The molecule has 2 fully saturated rings. The van der Waals surface area contributed by atoms with Crippen LogP contribution in [0.4, 0.5) is 4.79 Å². The van der Waals surface area contributed by atoms with Gasteiger partial charge in [0.25, 0.3) is 11.8 Å². The highest BCUT2D eigenvalue weighted by Crippen LogP contribution is 2.16. The Kier molecular flexibility index (Phi) is 12.8. The molecule has 210 valence electrons. The van der Waals surface area contributed by atoms with Gasteiger partial charge in [0.05, 0.1) is 18.6 Å². The number of aryl methyl sites for hydroxylation is 2. The van der Waals surface area contributed by atoms with Gasteiger partial charge in [0, 0.05) is 37.2 Å². The molecule has 0 radical (unpaired) electrons. The van der Waals surface area contributed by atoms with E-state index in [9.17, 15) is 14.4 Å². The Balaban J connectivity index is 0.000000208. The summed E-state index contributed by atoms with van der Waals surface area (Å²) in [6.45, 7) is 8.98. The lowest BCUT2D eigenvalue weighted by atomic mass is 10.1. The van der Waals surface area contributed by atoms with Gasteiger partial charge in [-0.15, -0.1) is 11.3 Å². The van der Waals surface area contributed by atoms with Crippen molar-refractivity contribution < 1.29 is 29.1 Å². The summed E-state index contributed by atoms with van der Waals surface area (Å²) < 4.78 is 10.3. The standard InChI is InChI=1S/C10H8N2O2S.C10H13NO2.C7H14N2O2/c1-6-2-3-7(15-6)4-5-8-9(13)12-10(14)11-8;1-7-4-5-8(13-3)6-9(7)10(12)11-2;1-7(8-10)9-3-2-5-11-6-4-9/h2-3,8H,1H3,(H2,11,12,13,14);4-6H,1-3H3,(H,11,12);10H,2-6H2,1H3/b;;8-7+/t8-;;/m0../s1. The van der Waals surface area contributed by atoms with E-state index in [0.717, 1.165) is 43.2 Å². The largest absolute Gasteiger partial charge is 0.497 e. The van der Waals surface area contributed by atoms with Gasteiger partial charge in [-0.25, -0.2) is 4.79 Å². The van der Waals surface area contributed by atoms with Crippen molar-refractivity contribution in [3.05, 3.63) is 51.2 Å². The second-order valence-corrected chi connectivity index (χ2v) is 9.72. The van der Waals surface area contributed by atoms with Gasteiger partial charge >= 0.3 is 6.03 Å². The Labute approximate surface area is 232 Å². The fraction of sp³-hybridized carbons (Fsp3) is 0.407. The highest BCUT2D eigenvalue weighted by atomic mass is 32.1. The predicted octanol–water partition coefficient (Wildman–Crippen LogP) is 2.50. The lowest BCUT2D eigenvalue weighted by Crippen LogP contribution is -2.31. The van der Waals surface area contributed by atoms with E-state index < -0.39 is 12.1 Å². The van der Waals surface area contributed by atoms with Gasteiger partial charge < -0.3 is 30.2 Å². The molecule has 0 saturated carbocycles. The van der Waals surface area contributed by atoms with E-state index in [0.29, 0.717) is 17.1 Å². The zero-order valence-electron chi connectivity index (χ0n) is 22.8. The van der Waals surface area contributed by atoms with Crippen LogP contribution in [0, 0.1) is 25.7 Å². The third-order valence-electron chi connectivity index (χ3n) is 5.60. The third kappa shape index (κ3) is 10.3. The maximum absolute atomic E-state index is 11.3. The summed E-state index contributed by atoms with van der Waals surface area (Å²) in [4.78, 5) is 37.3. The van der Waals surface area contributed by atoms with Crippen LogP contribution in [0.2, 0.25) is 0 Å². The zero-order chi connectivity index (χ0) is 28.8. The number of nitrogens with zero attached hydrogens (tertiary/aromatic N) is 2. The van der Waals surface area contributed by atoms with Gasteiger partial charge in [0.1, 0.15) is 11.6 Å². The number of hydrogen-bond acceptors (Lipinski definition) is 8. The number of methoxy groups -OCH3 is 1. The number of amides is 4. The number of thiophene rings is 1. The number of ether oxygens (including phenoxy) is 2. The van der Waals surface area contributed by atoms with Gasteiger partial charge in [-0.2, -0.15) is 0 Å². The van der Waals surface area contributed by atoms with Crippen LogP contribution in [0.25, 0.3) is 0 Å². The molecule has 1 atom stereocenters. The molecule has 2 aromatic rings. The SMILES string of the molecule is C/C(=N\O)N1CCCOCC1.CNC(=O)c1cc(OC)ccc1C.Cc1ccc(C#C[C@@H]2NC(=O)NC2=O)s1. The Bertz CT molecular complexity index is 1220. The van der Waals surface area contributed by atoms with Gasteiger partial charge in [-0.05, 0) is 57.0 Å².